The predicted octanol–water partition coefficient (Wildman–Crippen LogP) is 4.11. The fraction of sp³-hybridized carbons (Fsp3) is 0.133. The first-order chi connectivity index (χ1) is 7.84. The quantitative estimate of drug-likeness (QED) is 0.641. The van der Waals surface area contributed by atoms with Gasteiger partial charge in [0.15, 0.2) is 0 Å². The molecule has 0 amide bonds. The topological polar surface area (TPSA) is 23.9 Å². The van der Waals surface area contributed by atoms with Crippen molar-refractivity contribution in [2.24, 2.45) is 0 Å². The molecule has 0 atom stereocenters. The molecule has 2 heteroatoms. The number of halogens is 1. The number of rotatable bonds is 4. The Balaban J connectivity index is 0.00000144. The third kappa shape index (κ3) is 4.69. The van der Waals surface area contributed by atoms with E-state index >= 15 is 0 Å². The molecule has 0 aliphatic heterocycles. The van der Waals surface area contributed by atoms with Crippen LogP contribution >= 0.6 is 24.0 Å². The summed E-state index contributed by atoms with van der Waals surface area (Å²) in [5, 5.41) is 7.96. The standard InChI is InChI=1S/C15H15N.HI/c16-15(11-13-7-3-1-4-8-13)12-14-9-5-2-6-10-14;/h1-10,16H,11-12H2;1H. The van der Waals surface area contributed by atoms with Gasteiger partial charge in [-0.15, -0.1) is 24.0 Å². The minimum atomic E-state index is 0. The molecule has 1 N–H and O–H groups in total. The van der Waals surface area contributed by atoms with E-state index in [2.05, 4.69) is 24.3 Å². The van der Waals surface area contributed by atoms with Crippen molar-refractivity contribution in [3.05, 3.63) is 71.8 Å². The van der Waals surface area contributed by atoms with Crippen LogP contribution in [0.2, 0.25) is 0 Å². The summed E-state index contributed by atoms with van der Waals surface area (Å²) < 4.78 is 0. The Morgan fingerprint density at radius 3 is 1.41 bits per heavy atom. The van der Waals surface area contributed by atoms with Gasteiger partial charge in [-0.3, -0.25) is 0 Å². The van der Waals surface area contributed by atoms with E-state index in [9.17, 15) is 0 Å². The zero-order valence-electron chi connectivity index (χ0n) is 9.60. The lowest BCUT2D eigenvalue weighted by atomic mass is 10.0. The maximum Gasteiger partial charge on any atom is 0.0177 e. The molecule has 0 aromatic heterocycles. The van der Waals surface area contributed by atoms with Gasteiger partial charge in [-0.25, -0.2) is 0 Å². The molecule has 0 aliphatic carbocycles. The van der Waals surface area contributed by atoms with Gasteiger partial charge in [-0.2, -0.15) is 0 Å². The van der Waals surface area contributed by atoms with Gasteiger partial charge in [0.2, 0.25) is 0 Å². The Bertz CT molecular complexity index is 407. The zero-order chi connectivity index (χ0) is 11.2. The molecule has 0 aliphatic rings. The van der Waals surface area contributed by atoms with Gasteiger partial charge in [-0.05, 0) is 11.1 Å². The first-order valence-corrected chi connectivity index (χ1v) is 5.49. The second kappa shape index (κ2) is 7.22. The largest absolute Gasteiger partial charge is 0.309 e. The first-order valence-electron chi connectivity index (χ1n) is 5.49. The Kier molecular flexibility index (Phi) is 5.91. The third-order valence-corrected chi connectivity index (χ3v) is 2.52. The molecule has 0 bridgehead atoms. The van der Waals surface area contributed by atoms with Gasteiger partial charge in [0.1, 0.15) is 0 Å². The van der Waals surface area contributed by atoms with E-state index in [1.54, 1.807) is 0 Å². The van der Waals surface area contributed by atoms with Crippen LogP contribution in [0, 0.1) is 5.41 Å². The highest BCUT2D eigenvalue weighted by Gasteiger charge is 2.00. The molecule has 2 rings (SSSR count). The van der Waals surface area contributed by atoms with Crippen LogP contribution in [0.4, 0.5) is 0 Å². The average molecular weight is 337 g/mol. The van der Waals surface area contributed by atoms with Crippen molar-refractivity contribution in [3.8, 4) is 0 Å². The molecular weight excluding hydrogens is 321 g/mol. The Labute approximate surface area is 119 Å². The van der Waals surface area contributed by atoms with Crippen molar-refractivity contribution in [1.82, 2.24) is 0 Å². The minimum absolute atomic E-state index is 0. The number of benzene rings is 2. The van der Waals surface area contributed by atoms with Gasteiger partial charge < -0.3 is 5.41 Å². The third-order valence-electron chi connectivity index (χ3n) is 2.52. The fourth-order valence-corrected chi connectivity index (χ4v) is 1.75. The van der Waals surface area contributed by atoms with Crippen molar-refractivity contribution in [3.63, 3.8) is 0 Å². The fourth-order valence-electron chi connectivity index (χ4n) is 1.75. The summed E-state index contributed by atoms with van der Waals surface area (Å²) in [7, 11) is 0. The normalized spacial score (nSPS) is 9.41. The second-order valence-electron chi connectivity index (χ2n) is 3.93. The molecule has 0 fully saturated rings. The summed E-state index contributed by atoms with van der Waals surface area (Å²) in [4.78, 5) is 0. The molecule has 0 saturated heterocycles. The molecule has 2 aromatic carbocycles. The Morgan fingerprint density at radius 2 is 1.06 bits per heavy atom. The lowest BCUT2D eigenvalue weighted by Crippen LogP contribution is -2.05. The molecule has 88 valence electrons. The van der Waals surface area contributed by atoms with Crippen molar-refractivity contribution in [2.45, 2.75) is 12.8 Å². The van der Waals surface area contributed by atoms with Crippen molar-refractivity contribution < 1.29 is 0 Å². The van der Waals surface area contributed by atoms with Crippen molar-refractivity contribution in [1.29, 1.82) is 5.41 Å². The Morgan fingerprint density at radius 1 is 0.706 bits per heavy atom. The summed E-state index contributed by atoms with van der Waals surface area (Å²) in [6.45, 7) is 0. The summed E-state index contributed by atoms with van der Waals surface area (Å²) >= 11 is 0. The molecule has 0 radical (unpaired) electrons. The maximum atomic E-state index is 7.96. The van der Waals surface area contributed by atoms with E-state index in [1.165, 1.54) is 11.1 Å². The van der Waals surface area contributed by atoms with Crippen LogP contribution in [0.25, 0.3) is 0 Å². The zero-order valence-corrected chi connectivity index (χ0v) is 11.9. The van der Waals surface area contributed by atoms with Crippen LogP contribution in [0.3, 0.4) is 0 Å². The Hall–Kier alpha value is -1.16. The monoisotopic (exact) mass is 337 g/mol. The lowest BCUT2D eigenvalue weighted by molar-refractivity contribution is 1.18. The second-order valence-corrected chi connectivity index (χ2v) is 3.93. The number of hydrogen-bond donors (Lipinski definition) is 1. The highest BCUT2D eigenvalue weighted by atomic mass is 127. The minimum Gasteiger partial charge on any atom is -0.309 e. The van der Waals surface area contributed by atoms with E-state index in [0.717, 1.165) is 18.6 Å². The van der Waals surface area contributed by atoms with Crippen molar-refractivity contribution in [2.75, 3.05) is 0 Å². The number of nitrogens with one attached hydrogen (secondary N) is 1. The van der Waals surface area contributed by atoms with Crippen LogP contribution in [0.15, 0.2) is 60.7 Å². The van der Waals surface area contributed by atoms with Crippen LogP contribution < -0.4 is 0 Å². The SMILES string of the molecule is I.N=C(Cc1ccccc1)Cc1ccccc1. The van der Waals surface area contributed by atoms with E-state index in [4.69, 9.17) is 5.41 Å². The molecule has 0 unspecified atom stereocenters. The number of hydrogen-bond acceptors (Lipinski definition) is 1. The lowest BCUT2D eigenvalue weighted by Gasteiger charge is -2.04. The highest BCUT2D eigenvalue weighted by Crippen LogP contribution is 2.05. The van der Waals surface area contributed by atoms with Crippen molar-refractivity contribution >= 4 is 29.7 Å². The maximum absolute atomic E-state index is 7.96. The van der Waals surface area contributed by atoms with Gasteiger partial charge in [-0.1, -0.05) is 60.7 Å². The summed E-state index contributed by atoms with van der Waals surface area (Å²) in [5.74, 6) is 0. The average Bonchev–Trinajstić information content (AvgIpc) is 2.31. The van der Waals surface area contributed by atoms with E-state index in [0.29, 0.717) is 0 Å². The van der Waals surface area contributed by atoms with Gasteiger partial charge >= 0.3 is 0 Å². The molecule has 17 heavy (non-hydrogen) atoms. The molecular formula is C15H16IN. The van der Waals surface area contributed by atoms with Gasteiger partial charge in [0.05, 0.1) is 0 Å². The highest BCUT2D eigenvalue weighted by molar-refractivity contribution is 14.0. The van der Waals surface area contributed by atoms with E-state index < -0.39 is 0 Å². The van der Waals surface area contributed by atoms with E-state index in [1.807, 2.05) is 36.4 Å². The summed E-state index contributed by atoms with van der Waals surface area (Å²) in [5.41, 5.74) is 3.18. The van der Waals surface area contributed by atoms with Gasteiger partial charge in [0.25, 0.3) is 0 Å². The molecule has 2 aromatic rings. The molecule has 1 nitrogen and oxygen atoms in total. The van der Waals surface area contributed by atoms with Crippen LogP contribution in [-0.4, -0.2) is 5.71 Å². The van der Waals surface area contributed by atoms with Crippen LogP contribution in [0.5, 0.6) is 0 Å². The summed E-state index contributed by atoms with van der Waals surface area (Å²) in [6, 6.07) is 20.4. The molecule has 0 heterocycles. The summed E-state index contributed by atoms with van der Waals surface area (Å²) in [6.07, 6.45) is 1.49. The molecule has 0 spiro atoms. The van der Waals surface area contributed by atoms with Gasteiger partial charge in [0, 0.05) is 18.6 Å². The smallest absolute Gasteiger partial charge is 0.0177 e. The molecule has 0 saturated carbocycles. The first kappa shape index (κ1) is 13.9. The van der Waals surface area contributed by atoms with E-state index in [-0.39, 0.29) is 24.0 Å². The van der Waals surface area contributed by atoms with Crippen LogP contribution in [-0.2, 0) is 12.8 Å². The predicted molar refractivity (Wildman–Crippen MR) is 83.4 cm³/mol. The van der Waals surface area contributed by atoms with Crippen LogP contribution in [0.1, 0.15) is 11.1 Å².